The minimum Gasteiger partial charge on any atom is -0.379 e. The van der Waals surface area contributed by atoms with Crippen LogP contribution in [0.5, 0.6) is 0 Å². The summed E-state index contributed by atoms with van der Waals surface area (Å²) in [5.41, 5.74) is 1.18. The first-order valence-electron chi connectivity index (χ1n) is 6.35. The van der Waals surface area contributed by atoms with Gasteiger partial charge in [0.05, 0.1) is 17.8 Å². The number of aromatic nitrogens is 2. The van der Waals surface area contributed by atoms with Crippen molar-refractivity contribution >= 4 is 0 Å². The van der Waals surface area contributed by atoms with Gasteiger partial charge in [-0.05, 0) is 24.9 Å². The molecule has 0 bridgehead atoms. The van der Waals surface area contributed by atoms with Gasteiger partial charge in [0, 0.05) is 20.4 Å². The summed E-state index contributed by atoms with van der Waals surface area (Å²) in [6.07, 6.45) is 3.11. The van der Waals surface area contributed by atoms with E-state index in [1.54, 1.807) is 7.11 Å². The number of hydrogen-bond donors (Lipinski definition) is 1. The minimum absolute atomic E-state index is 0.164. The molecule has 0 saturated carbocycles. The number of hydrogen-bond acceptors (Lipinski definition) is 3. The number of nitrogens with one attached hydrogen (secondary N) is 1. The largest absolute Gasteiger partial charge is 0.379 e. The number of ether oxygens (including phenoxy) is 1. The van der Waals surface area contributed by atoms with E-state index in [1.165, 1.54) is 5.69 Å². The molecule has 1 rings (SSSR count). The minimum atomic E-state index is 0.164. The van der Waals surface area contributed by atoms with Gasteiger partial charge in [0.2, 0.25) is 0 Å². The highest BCUT2D eigenvalue weighted by Gasteiger charge is 2.27. The fourth-order valence-corrected chi connectivity index (χ4v) is 2.17. The van der Waals surface area contributed by atoms with Crippen molar-refractivity contribution in [2.24, 2.45) is 13.0 Å². The Morgan fingerprint density at radius 3 is 2.59 bits per heavy atom. The maximum atomic E-state index is 5.65. The molecule has 0 aromatic carbocycles. The topological polar surface area (TPSA) is 39.1 Å². The monoisotopic (exact) mass is 239 g/mol. The van der Waals surface area contributed by atoms with Crippen molar-refractivity contribution in [2.75, 3.05) is 13.7 Å². The summed E-state index contributed by atoms with van der Waals surface area (Å²) >= 11 is 0. The van der Waals surface area contributed by atoms with Crippen LogP contribution < -0.4 is 5.32 Å². The molecule has 2 atom stereocenters. The number of aryl methyl sites for hydroxylation is 1. The van der Waals surface area contributed by atoms with E-state index in [9.17, 15) is 0 Å². The predicted molar refractivity (Wildman–Crippen MR) is 69.9 cm³/mol. The van der Waals surface area contributed by atoms with Gasteiger partial charge in [0.15, 0.2) is 0 Å². The first-order valence-corrected chi connectivity index (χ1v) is 6.35. The smallest absolute Gasteiger partial charge is 0.0804 e. The first-order chi connectivity index (χ1) is 8.11. The summed E-state index contributed by atoms with van der Waals surface area (Å²) in [6, 6.07) is 2.26. The molecule has 0 fully saturated rings. The van der Waals surface area contributed by atoms with Crippen LogP contribution in [0.1, 0.15) is 38.9 Å². The Balaban J connectivity index is 2.90. The number of rotatable bonds is 7. The van der Waals surface area contributed by atoms with Gasteiger partial charge in [-0.2, -0.15) is 5.10 Å². The third-order valence-electron chi connectivity index (χ3n) is 3.05. The highest BCUT2D eigenvalue weighted by molar-refractivity contribution is 5.09. The summed E-state index contributed by atoms with van der Waals surface area (Å²) in [7, 11) is 3.75. The third kappa shape index (κ3) is 3.54. The van der Waals surface area contributed by atoms with E-state index in [-0.39, 0.29) is 12.1 Å². The maximum Gasteiger partial charge on any atom is 0.0804 e. The molecule has 1 aromatic heterocycles. The molecule has 0 aliphatic heterocycles. The van der Waals surface area contributed by atoms with E-state index in [1.807, 2.05) is 17.9 Å². The Bertz CT molecular complexity index is 322. The van der Waals surface area contributed by atoms with E-state index < -0.39 is 0 Å². The van der Waals surface area contributed by atoms with E-state index >= 15 is 0 Å². The van der Waals surface area contributed by atoms with Crippen LogP contribution in [0.4, 0.5) is 0 Å². The lowest BCUT2D eigenvalue weighted by Crippen LogP contribution is -2.38. The number of methoxy groups -OCH3 is 1. The molecule has 98 valence electrons. The van der Waals surface area contributed by atoms with Crippen LogP contribution in [-0.4, -0.2) is 29.5 Å². The van der Waals surface area contributed by atoms with Gasteiger partial charge in [0.1, 0.15) is 0 Å². The molecule has 4 nitrogen and oxygen atoms in total. The standard InChI is InChI=1S/C13H25N3O/c1-6-8-14-12(13(17-5)10(2)3)11-7-9-15-16(11)4/h7,9-10,12-14H,6,8H2,1-5H3. The molecule has 0 spiro atoms. The zero-order valence-corrected chi connectivity index (χ0v) is 11.6. The van der Waals surface area contributed by atoms with Crippen LogP contribution in [0.2, 0.25) is 0 Å². The van der Waals surface area contributed by atoms with Crippen LogP contribution in [-0.2, 0) is 11.8 Å². The average Bonchev–Trinajstić information content (AvgIpc) is 2.70. The molecule has 4 heteroatoms. The highest BCUT2D eigenvalue weighted by atomic mass is 16.5. The fraction of sp³-hybridized carbons (Fsp3) is 0.769. The lowest BCUT2D eigenvalue weighted by molar-refractivity contribution is 0.0304. The second-order valence-electron chi connectivity index (χ2n) is 4.76. The zero-order chi connectivity index (χ0) is 12.8. The van der Waals surface area contributed by atoms with Gasteiger partial charge >= 0.3 is 0 Å². The van der Waals surface area contributed by atoms with Gasteiger partial charge in [-0.3, -0.25) is 4.68 Å². The van der Waals surface area contributed by atoms with Gasteiger partial charge < -0.3 is 10.1 Å². The first kappa shape index (κ1) is 14.2. The Hall–Kier alpha value is -0.870. The molecule has 0 saturated heterocycles. The summed E-state index contributed by atoms with van der Waals surface area (Å²) in [6.45, 7) is 7.53. The van der Waals surface area contributed by atoms with Crippen molar-refractivity contribution in [1.29, 1.82) is 0 Å². The van der Waals surface area contributed by atoms with Crippen LogP contribution in [0.3, 0.4) is 0 Å². The SMILES string of the molecule is CCCNC(c1ccnn1C)C(OC)C(C)C. The fourth-order valence-electron chi connectivity index (χ4n) is 2.17. The van der Waals surface area contributed by atoms with E-state index in [0.717, 1.165) is 13.0 Å². The van der Waals surface area contributed by atoms with E-state index in [0.29, 0.717) is 5.92 Å². The second kappa shape index (κ2) is 6.77. The lowest BCUT2D eigenvalue weighted by atomic mass is 9.96. The summed E-state index contributed by atoms with van der Waals surface area (Å²) < 4.78 is 7.56. The quantitative estimate of drug-likeness (QED) is 0.792. The lowest BCUT2D eigenvalue weighted by Gasteiger charge is -2.30. The molecule has 2 unspecified atom stereocenters. The third-order valence-corrected chi connectivity index (χ3v) is 3.05. The van der Waals surface area contributed by atoms with Gasteiger partial charge in [-0.15, -0.1) is 0 Å². The molecular weight excluding hydrogens is 214 g/mol. The van der Waals surface area contributed by atoms with Crippen molar-refractivity contribution in [3.05, 3.63) is 18.0 Å². The Morgan fingerprint density at radius 1 is 1.47 bits per heavy atom. The highest BCUT2D eigenvalue weighted by Crippen LogP contribution is 2.23. The summed E-state index contributed by atoms with van der Waals surface area (Å²) in [4.78, 5) is 0. The molecule has 1 heterocycles. The number of nitrogens with zero attached hydrogens (tertiary/aromatic N) is 2. The second-order valence-corrected chi connectivity index (χ2v) is 4.76. The van der Waals surface area contributed by atoms with Crippen LogP contribution in [0, 0.1) is 5.92 Å². The van der Waals surface area contributed by atoms with Crippen molar-refractivity contribution in [3.63, 3.8) is 0 Å². The van der Waals surface area contributed by atoms with Crippen molar-refractivity contribution in [3.8, 4) is 0 Å². The van der Waals surface area contributed by atoms with Gasteiger partial charge in [-0.25, -0.2) is 0 Å². The maximum absolute atomic E-state index is 5.65. The Kier molecular flexibility index (Phi) is 5.65. The molecule has 0 radical (unpaired) electrons. The van der Waals surface area contributed by atoms with E-state index in [2.05, 4.69) is 37.3 Å². The van der Waals surface area contributed by atoms with Crippen molar-refractivity contribution < 1.29 is 4.74 Å². The molecule has 17 heavy (non-hydrogen) atoms. The molecule has 1 aromatic rings. The Labute approximate surface area is 104 Å². The van der Waals surface area contributed by atoms with Crippen LogP contribution in [0.15, 0.2) is 12.3 Å². The summed E-state index contributed by atoms with van der Waals surface area (Å²) in [5.74, 6) is 0.462. The molecule has 0 aliphatic carbocycles. The zero-order valence-electron chi connectivity index (χ0n) is 11.6. The van der Waals surface area contributed by atoms with Gasteiger partial charge in [-0.1, -0.05) is 20.8 Å². The normalized spacial score (nSPS) is 15.2. The average molecular weight is 239 g/mol. The molecule has 0 amide bonds. The molecular formula is C13H25N3O. The van der Waals surface area contributed by atoms with Crippen LogP contribution in [0.25, 0.3) is 0 Å². The summed E-state index contributed by atoms with van der Waals surface area (Å²) in [5, 5.41) is 7.80. The van der Waals surface area contributed by atoms with Crippen LogP contribution >= 0.6 is 0 Å². The van der Waals surface area contributed by atoms with Gasteiger partial charge in [0.25, 0.3) is 0 Å². The Morgan fingerprint density at radius 2 is 2.18 bits per heavy atom. The van der Waals surface area contributed by atoms with Crippen molar-refractivity contribution in [1.82, 2.24) is 15.1 Å². The van der Waals surface area contributed by atoms with E-state index in [4.69, 9.17) is 4.74 Å². The molecule has 1 N–H and O–H groups in total. The predicted octanol–water partition coefficient (Wildman–Crippen LogP) is 2.13. The van der Waals surface area contributed by atoms with Crippen molar-refractivity contribution in [2.45, 2.75) is 39.3 Å². The molecule has 0 aliphatic rings.